The summed E-state index contributed by atoms with van der Waals surface area (Å²) in [7, 11) is 0. The van der Waals surface area contributed by atoms with Crippen molar-refractivity contribution >= 4 is 77.2 Å². The van der Waals surface area contributed by atoms with Gasteiger partial charge in [0.15, 0.2) is 0 Å². The minimum absolute atomic E-state index is 0.00138. The van der Waals surface area contributed by atoms with Crippen LogP contribution in [0.3, 0.4) is 0 Å². The van der Waals surface area contributed by atoms with Gasteiger partial charge in [-0.25, -0.2) is 0 Å². The first-order valence-corrected chi connectivity index (χ1v) is 30.6. The molecule has 14 aromatic rings. The molecule has 2 heteroatoms. The predicted molar refractivity (Wildman–Crippen MR) is 371 cm³/mol. The first-order valence-electron chi connectivity index (χ1n) is 30.6. The molecule has 1 aliphatic carbocycles. The van der Waals surface area contributed by atoms with E-state index in [-0.39, 0.29) is 10.8 Å². The van der Waals surface area contributed by atoms with Crippen LogP contribution in [0.2, 0.25) is 0 Å². The SMILES string of the molecule is CC(C)(C)c1ccc(N(c2cccc(-c3cccc4ccccc34)c2)c2ccc3c(c2)C(c2ccccc2)(c2ccccc2)c2c-3c3ccccc3c3cc(N(c4ccc(C(C)(C)C)cc4)c4cccc(-c5cccc6ccccc56)c4)ccc23)cc1. The fourth-order valence-electron chi connectivity index (χ4n) is 14.2. The Morgan fingerprint density at radius 2 is 0.667 bits per heavy atom. The lowest BCUT2D eigenvalue weighted by Crippen LogP contribution is -2.29. The fourth-order valence-corrected chi connectivity index (χ4v) is 14.2. The van der Waals surface area contributed by atoms with Crippen LogP contribution in [0, 0.1) is 0 Å². The van der Waals surface area contributed by atoms with Gasteiger partial charge in [-0.05, 0) is 193 Å². The average Bonchev–Trinajstić information content (AvgIpc) is 1.56. The minimum Gasteiger partial charge on any atom is -0.310 e. The Hall–Kier alpha value is -10.3. The third-order valence-electron chi connectivity index (χ3n) is 18.4. The van der Waals surface area contributed by atoms with Gasteiger partial charge in [-0.2, -0.15) is 0 Å². The summed E-state index contributed by atoms with van der Waals surface area (Å²) in [5.41, 5.74) is 20.7. The van der Waals surface area contributed by atoms with E-state index in [1.54, 1.807) is 0 Å². The number of nitrogens with zero attached hydrogens (tertiary/aromatic N) is 2. The molecule has 0 N–H and O–H groups in total. The summed E-state index contributed by atoms with van der Waals surface area (Å²) < 4.78 is 0. The number of anilines is 6. The van der Waals surface area contributed by atoms with E-state index in [2.05, 4.69) is 355 Å². The van der Waals surface area contributed by atoms with Gasteiger partial charge in [0, 0.05) is 34.1 Å². The van der Waals surface area contributed by atoms with Crippen LogP contribution in [0.5, 0.6) is 0 Å². The molecule has 2 nitrogen and oxygen atoms in total. The molecule has 0 atom stereocenters. The van der Waals surface area contributed by atoms with Crippen molar-refractivity contribution in [1.82, 2.24) is 0 Å². The van der Waals surface area contributed by atoms with Crippen LogP contribution >= 0.6 is 0 Å². The zero-order valence-corrected chi connectivity index (χ0v) is 50.3. The van der Waals surface area contributed by atoms with Crippen molar-refractivity contribution in [3.05, 3.63) is 337 Å². The molecule has 0 bridgehead atoms. The molecule has 15 rings (SSSR count). The molecular weight excluding hydrogens is 1050 g/mol. The van der Waals surface area contributed by atoms with E-state index < -0.39 is 5.41 Å². The third-order valence-corrected chi connectivity index (χ3v) is 18.4. The second kappa shape index (κ2) is 21.0. The molecule has 0 amide bonds. The van der Waals surface area contributed by atoms with Crippen molar-refractivity contribution < 1.29 is 0 Å². The van der Waals surface area contributed by atoms with E-state index in [1.165, 1.54) is 110 Å². The highest BCUT2D eigenvalue weighted by atomic mass is 15.1. The van der Waals surface area contributed by atoms with Crippen LogP contribution in [0.25, 0.3) is 76.5 Å². The molecule has 0 spiro atoms. The zero-order chi connectivity index (χ0) is 59.0. The van der Waals surface area contributed by atoms with Crippen molar-refractivity contribution in [3.63, 3.8) is 0 Å². The Bertz CT molecular complexity index is 4880. The van der Waals surface area contributed by atoms with Crippen molar-refractivity contribution in [1.29, 1.82) is 0 Å². The Balaban J connectivity index is 0.978. The minimum atomic E-state index is -0.741. The Morgan fingerprint density at radius 1 is 0.264 bits per heavy atom. The van der Waals surface area contributed by atoms with Crippen molar-refractivity contribution in [2.75, 3.05) is 9.80 Å². The number of hydrogen-bond acceptors (Lipinski definition) is 2. The first kappa shape index (κ1) is 53.4. The highest BCUT2D eigenvalue weighted by molar-refractivity contribution is 6.20. The molecule has 0 radical (unpaired) electrons. The van der Waals surface area contributed by atoms with E-state index in [9.17, 15) is 0 Å². The van der Waals surface area contributed by atoms with Crippen LogP contribution in [-0.2, 0) is 16.2 Å². The Labute approximate surface area is 511 Å². The van der Waals surface area contributed by atoms with Gasteiger partial charge in [-0.15, -0.1) is 0 Å². The van der Waals surface area contributed by atoms with Gasteiger partial charge in [-0.3, -0.25) is 0 Å². The van der Waals surface area contributed by atoms with Crippen LogP contribution in [0.1, 0.15) is 74.9 Å². The monoisotopic (exact) mass is 1120 g/mol. The van der Waals surface area contributed by atoms with Crippen LogP contribution in [0.4, 0.5) is 34.1 Å². The summed E-state index contributed by atoms with van der Waals surface area (Å²) in [6, 6.07) is 114. The third kappa shape index (κ3) is 9.09. The van der Waals surface area contributed by atoms with Gasteiger partial charge in [0.2, 0.25) is 0 Å². The summed E-state index contributed by atoms with van der Waals surface area (Å²) in [6.07, 6.45) is 0. The number of fused-ring (bicyclic) bond motifs is 10. The highest BCUT2D eigenvalue weighted by Crippen LogP contribution is 2.62. The van der Waals surface area contributed by atoms with E-state index in [1.807, 2.05) is 0 Å². The summed E-state index contributed by atoms with van der Waals surface area (Å²) in [4.78, 5) is 4.94. The quantitative estimate of drug-likeness (QED) is 0.126. The van der Waals surface area contributed by atoms with Crippen molar-refractivity contribution in [3.8, 4) is 33.4 Å². The molecule has 0 saturated carbocycles. The molecule has 0 aliphatic heterocycles. The summed E-state index contributed by atoms with van der Waals surface area (Å²) >= 11 is 0. The van der Waals surface area contributed by atoms with Crippen LogP contribution in [-0.4, -0.2) is 0 Å². The Morgan fingerprint density at radius 3 is 1.17 bits per heavy atom. The zero-order valence-electron chi connectivity index (χ0n) is 50.3. The number of benzene rings is 14. The molecule has 0 fully saturated rings. The van der Waals surface area contributed by atoms with Gasteiger partial charge < -0.3 is 9.80 Å². The summed E-state index contributed by atoms with van der Waals surface area (Å²) in [6.45, 7) is 13.7. The molecule has 1 aliphatic rings. The smallest absolute Gasteiger partial charge is 0.0720 e. The van der Waals surface area contributed by atoms with E-state index >= 15 is 0 Å². The van der Waals surface area contributed by atoms with E-state index in [0.717, 1.165) is 34.1 Å². The predicted octanol–water partition coefficient (Wildman–Crippen LogP) is 23.5. The maximum absolute atomic E-state index is 2.53. The summed E-state index contributed by atoms with van der Waals surface area (Å²) in [5, 5.41) is 9.83. The van der Waals surface area contributed by atoms with Crippen molar-refractivity contribution in [2.24, 2.45) is 0 Å². The fraction of sp³-hybridized carbons (Fsp3) is 0.106. The standard InChI is InChI=1S/C85H68N2/c1-83(2,3)61-41-45-65(46-42-61)86(67-33-19-27-59(53-67)73-39-21-25-57-23-13-15-35-71(57)73)69-49-51-77-79(55-69)75-37-17-18-38-76(75)81-78-52-50-70(56-80(78)85(82(77)81,63-29-9-7-10-30-63)64-31-11-8-12-32-64)87(66-47-43-62(44-48-66)84(4,5)6)68-34-20-28-60(54-68)74-40-22-26-58-24-14-16-36-72(58)74/h7-56H,1-6H3. The molecule has 0 unspecified atom stereocenters. The van der Waals surface area contributed by atoms with Crippen LogP contribution in [0.15, 0.2) is 303 Å². The molecule has 0 saturated heterocycles. The molecule has 14 aromatic carbocycles. The lowest BCUT2D eigenvalue weighted by molar-refractivity contribution is 0.590. The lowest BCUT2D eigenvalue weighted by atomic mass is 9.66. The highest BCUT2D eigenvalue weighted by Gasteiger charge is 2.48. The molecule has 87 heavy (non-hydrogen) atoms. The van der Waals surface area contributed by atoms with Gasteiger partial charge in [0.1, 0.15) is 0 Å². The van der Waals surface area contributed by atoms with Gasteiger partial charge in [0.05, 0.1) is 5.41 Å². The van der Waals surface area contributed by atoms with Gasteiger partial charge >= 0.3 is 0 Å². The maximum atomic E-state index is 2.53. The largest absolute Gasteiger partial charge is 0.310 e. The normalized spacial score (nSPS) is 12.8. The molecular formula is C85H68N2. The Kier molecular flexibility index (Phi) is 12.9. The number of rotatable bonds is 10. The second-order valence-corrected chi connectivity index (χ2v) is 25.7. The molecule has 0 heterocycles. The molecule has 418 valence electrons. The summed E-state index contributed by atoms with van der Waals surface area (Å²) in [5.74, 6) is 0. The van der Waals surface area contributed by atoms with Gasteiger partial charge in [-0.1, -0.05) is 272 Å². The molecule has 0 aromatic heterocycles. The van der Waals surface area contributed by atoms with E-state index in [4.69, 9.17) is 0 Å². The van der Waals surface area contributed by atoms with Crippen molar-refractivity contribution in [2.45, 2.75) is 57.8 Å². The van der Waals surface area contributed by atoms with Gasteiger partial charge in [0.25, 0.3) is 0 Å². The number of hydrogen-bond donors (Lipinski definition) is 0. The first-order chi connectivity index (χ1) is 42.4. The van der Waals surface area contributed by atoms with Crippen LogP contribution < -0.4 is 9.80 Å². The average molecular weight is 1120 g/mol. The van der Waals surface area contributed by atoms with E-state index in [0.29, 0.717) is 0 Å². The topological polar surface area (TPSA) is 6.48 Å². The lowest BCUT2D eigenvalue weighted by Gasteiger charge is -2.36. The second-order valence-electron chi connectivity index (χ2n) is 25.7. The maximum Gasteiger partial charge on any atom is 0.0720 e.